The Kier molecular flexibility index (Phi) is 9.46. The highest BCUT2D eigenvalue weighted by atomic mass is 35.5. The highest BCUT2D eigenvalue weighted by molar-refractivity contribution is 6.31. The van der Waals surface area contributed by atoms with E-state index in [1.54, 1.807) is 0 Å². The summed E-state index contributed by atoms with van der Waals surface area (Å²) in [6, 6.07) is 9.10. The fourth-order valence-corrected chi connectivity index (χ4v) is 3.83. The molecule has 1 unspecified atom stereocenters. The van der Waals surface area contributed by atoms with E-state index in [9.17, 15) is 36.2 Å². The fourth-order valence-electron chi connectivity index (χ4n) is 3.64. The summed E-state index contributed by atoms with van der Waals surface area (Å²) in [5, 5.41) is 12.7. The van der Waals surface area contributed by atoms with Crippen LogP contribution in [0.5, 0.6) is 11.5 Å². The van der Waals surface area contributed by atoms with Crippen molar-refractivity contribution < 1.29 is 45.7 Å². The Bertz CT molecular complexity index is 1410. The van der Waals surface area contributed by atoms with Crippen molar-refractivity contribution in [2.24, 2.45) is 5.73 Å². The van der Waals surface area contributed by atoms with Crippen molar-refractivity contribution in [1.29, 1.82) is 0 Å². The monoisotopic (exact) mass is 605 g/mol. The number of aromatic nitrogens is 1. The molecule has 2 aromatic carbocycles. The summed E-state index contributed by atoms with van der Waals surface area (Å²) in [5.74, 6) is -2.04. The molecule has 0 radical (unpaired) electrons. The summed E-state index contributed by atoms with van der Waals surface area (Å²) < 4.78 is 91.8. The molecular weight excluding hydrogens is 580 g/mol. The predicted octanol–water partition coefficient (Wildman–Crippen LogP) is 5.57. The van der Waals surface area contributed by atoms with Gasteiger partial charge in [-0.15, -0.1) is 0 Å². The molecule has 0 bridgehead atoms. The summed E-state index contributed by atoms with van der Waals surface area (Å²) >= 11 is 5.85. The molecule has 14 heteroatoms. The number of halogens is 7. The highest BCUT2D eigenvalue weighted by Crippen LogP contribution is 2.40. The van der Waals surface area contributed by atoms with Gasteiger partial charge in [-0.1, -0.05) is 11.6 Å². The van der Waals surface area contributed by atoms with E-state index in [0.29, 0.717) is 0 Å². The average molecular weight is 606 g/mol. The van der Waals surface area contributed by atoms with Crippen LogP contribution >= 0.6 is 11.6 Å². The Balaban J connectivity index is 2.00. The number of amides is 1. The van der Waals surface area contributed by atoms with Crippen LogP contribution in [0.15, 0.2) is 48.5 Å². The predicted molar refractivity (Wildman–Crippen MR) is 139 cm³/mol. The molecule has 3 rings (SSSR count). The molecule has 0 fully saturated rings. The van der Waals surface area contributed by atoms with Gasteiger partial charge in [0, 0.05) is 16.7 Å². The lowest BCUT2D eigenvalue weighted by atomic mass is 9.89. The van der Waals surface area contributed by atoms with Crippen LogP contribution in [0.3, 0.4) is 0 Å². The van der Waals surface area contributed by atoms with Crippen molar-refractivity contribution in [2.45, 2.75) is 37.6 Å². The van der Waals surface area contributed by atoms with Gasteiger partial charge in [0.05, 0.1) is 30.1 Å². The van der Waals surface area contributed by atoms with E-state index < -0.39 is 54.3 Å². The fraction of sp³-hybridized carbons (Fsp3) is 0.333. The summed E-state index contributed by atoms with van der Waals surface area (Å²) in [4.78, 5) is 16.8. The van der Waals surface area contributed by atoms with Crippen molar-refractivity contribution in [1.82, 2.24) is 10.3 Å². The van der Waals surface area contributed by atoms with Crippen LogP contribution < -0.4 is 20.5 Å². The minimum absolute atomic E-state index is 0.0870. The topological polar surface area (TPSA) is 107 Å². The molecule has 0 aliphatic rings. The Morgan fingerprint density at radius 2 is 1.78 bits per heavy atom. The van der Waals surface area contributed by atoms with E-state index in [4.69, 9.17) is 26.8 Å². The minimum atomic E-state index is -5.34. The number of hydrogen-bond donors (Lipinski definition) is 3. The first-order valence-corrected chi connectivity index (χ1v) is 12.3. The van der Waals surface area contributed by atoms with Crippen LogP contribution in [0, 0.1) is 5.82 Å². The van der Waals surface area contributed by atoms with Crippen molar-refractivity contribution in [3.8, 4) is 22.8 Å². The number of methoxy groups -OCH3 is 1. The van der Waals surface area contributed by atoms with Gasteiger partial charge in [0.25, 0.3) is 12.3 Å². The van der Waals surface area contributed by atoms with E-state index in [2.05, 4.69) is 4.98 Å². The van der Waals surface area contributed by atoms with Gasteiger partial charge >= 0.3 is 6.18 Å². The van der Waals surface area contributed by atoms with E-state index in [1.165, 1.54) is 33.1 Å². The standard InChI is InChI=1S/C27H26ClF6N3O4/c1-25(2,35)16-10-19(14-4-6-18(29)17(28)8-14)37-22(11-16)26(39,27(32,33)34)13-36-24(38)15-5-7-20(21(9-15)40-3)41-12-23(30)31/h4-11,23,39H,12-13,35H2,1-3H3,(H,36,38). The van der Waals surface area contributed by atoms with Crippen molar-refractivity contribution in [2.75, 3.05) is 20.3 Å². The number of carbonyl (C=O) groups is 1. The van der Waals surface area contributed by atoms with Crippen LogP contribution in [-0.4, -0.2) is 48.9 Å². The van der Waals surface area contributed by atoms with Gasteiger partial charge in [0.15, 0.2) is 11.5 Å². The number of nitrogens with two attached hydrogens (primary N) is 1. The normalized spacial score (nSPS) is 13.6. The molecule has 0 saturated carbocycles. The number of aliphatic hydroxyl groups is 1. The molecule has 1 aromatic heterocycles. The highest BCUT2D eigenvalue weighted by Gasteiger charge is 2.56. The minimum Gasteiger partial charge on any atom is -0.493 e. The van der Waals surface area contributed by atoms with Crippen LogP contribution in [0.2, 0.25) is 5.02 Å². The first-order chi connectivity index (χ1) is 19.0. The molecule has 1 heterocycles. The van der Waals surface area contributed by atoms with Crippen LogP contribution in [-0.2, 0) is 11.1 Å². The van der Waals surface area contributed by atoms with Crippen molar-refractivity contribution >= 4 is 17.5 Å². The zero-order chi connectivity index (χ0) is 30.8. The van der Waals surface area contributed by atoms with Crippen LogP contribution in [0.1, 0.15) is 35.5 Å². The first-order valence-electron chi connectivity index (χ1n) is 11.9. The molecule has 4 N–H and O–H groups in total. The Hall–Kier alpha value is -3.55. The maximum atomic E-state index is 14.4. The second kappa shape index (κ2) is 12.1. The molecular formula is C27H26ClF6N3O4. The third kappa shape index (κ3) is 7.40. The molecule has 41 heavy (non-hydrogen) atoms. The molecule has 222 valence electrons. The summed E-state index contributed by atoms with van der Waals surface area (Å²) in [6.45, 7) is 0.721. The molecule has 7 nitrogen and oxygen atoms in total. The molecule has 3 aromatic rings. The van der Waals surface area contributed by atoms with Gasteiger partial charge in [0.1, 0.15) is 12.4 Å². The number of benzene rings is 2. The largest absolute Gasteiger partial charge is 0.493 e. The lowest BCUT2D eigenvalue weighted by Crippen LogP contribution is -2.51. The van der Waals surface area contributed by atoms with E-state index in [0.717, 1.165) is 36.4 Å². The summed E-state index contributed by atoms with van der Waals surface area (Å²) in [6.07, 6.45) is -8.12. The third-order valence-corrected chi connectivity index (χ3v) is 6.26. The van der Waals surface area contributed by atoms with Gasteiger partial charge in [-0.25, -0.2) is 18.2 Å². The maximum Gasteiger partial charge on any atom is 0.424 e. The molecule has 1 atom stereocenters. The molecule has 0 spiro atoms. The summed E-state index contributed by atoms with van der Waals surface area (Å²) in [7, 11) is 1.18. The third-order valence-electron chi connectivity index (χ3n) is 5.97. The number of ether oxygens (including phenoxy) is 2. The molecule has 1 amide bonds. The van der Waals surface area contributed by atoms with Crippen LogP contribution in [0.4, 0.5) is 26.3 Å². The quantitative estimate of drug-likeness (QED) is 0.261. The number of pyridine rings is 1. The van der Waals surface area contributed by atoms with Crippen molar-refractivity contribution in [3.63, 3.8) is 0 Å². The first kappa shape index (κ1) is 32.0. The zero-order valence-corrected chi connectivity index (χ0v) is 22.7. The molecule has 0 aliphatic heterocycles. The Labute approximate surface area is 236 Å². The summed E-state index contributed by atoms with van der Waals surface area (Å²) in [5.41, 5.74) is 0.368. The zero-order valence-electron chi connectivity index (χ0n) is 22.0. The van der Waals surface area contributed by atoms with E-state index in [-0.39, 0.29) is 38.9 Å². The molecule has 0 saturated heterocycles. The van der Waals surface area contributed by atoms with Gasteiger partial charge < -0.3 is 25.6 Å². The van der Waals surface area contributed by atoms with Crippen molar-refractivity contribution in [3.05, 3.63) is 76.2 Å². The maximum absolute atomic E-state index is 14.4. The van der Waals surface area contributed by atoms with Crippen LogP contribution in [0.25, 0.3) is 11.3 Å². The second-order valence-electron chi connectivity index (χ2n) is 9.59. The van der Waals surface area contributed by atoms with Gasteiger partial charge in [-0.2, -0.15) is 13.2 Å². The lowest BCUT2D eigenvalue weighted by molar-refractivity contribution is -0.265. The lowest BCUT2D eigenvalue weighted by Gasteiger charge is -2.32. The number of alkyl halides is 5. The van der Waals surface area contributed by atoms with Gasteiger partial charge in [-0.05, 0) is 67.9 Å². The van der Waals surface area contributed by atoms with Gasteiger partial charge in [-0.3, -0.25) is 4.79 Å². The molecule has 0 aliphatic carbocycles. The Morgan fingerprint density at radius 1 is 1.10 bits per heavy atom. The SMILES string of the molecule is COc1cc(C(=O)NCC(O)(c2cc(C(C)(C)N)cc(-c3ccc(F)c(Cl)c3)n2)C(F)(F)F)ccc1OCC(F)F. The second-order valence-corrected chi connectivity index (χ2v) is 9.99. The number of rotatable bonds is 10. The number of nitrogens with zero attached hydrogens (tertiary/aromatic N) is 1. The smallest absolute Gasteiger partial charge is 0.424 e. The number of nitrogens with one attached hydrogen (secondary N) is 1. The number of hydrogen-bond acceptors (Lipinski definition) is 6. The van der Waals surface area contributed by atoms with Gasteiger partial charge in [0.2, 0.25) is 5.60 Å². The number of carbonyl (C=O) groups excluding carboxylic acids is 1. The Morgan fingerprint density at radius 3 is 2.34 bits per heavy atom. The van der Waals surface area contributed by atoms with E-state index >= 15 is 0 Å². The van der Waals surface area contributed by atoms with E-state index in [1.807, 2.05) is 5.32 Å². The average Bonchev–Trinajstić information content (AvgIpc) is 2.90.